The van der Waals surface area contributed by atoms with Crippen LogP contribution in [-0.2, 0) is 0 Å². The van der Waals surface area contributed by atoms with Crippen LogP contribution < -0.4 is 10.1 Å². The van der Waals surface area contributed by atoms with E-state index in [0.29, 0.717) is 18.2 Å². The van der Waals surface area contributed by atoms with Crippen molar-refractivity contribution in [3.05, 3.63) is 52.5 Å². The predicted molar refractivity (Wildman–Crippen MR) is 90.1 cm³/mol. The monoisotopic (exact) mass is 338 g/mol. The molecule has 108 valence electrons. The van der Waals surface area contributed by atoms with Crippen molar-refractivity contribution in [2.24, 2.45) is 0 Å². The van der Waals surface area contributed by atoms with E-state index in [0.717, 1.165) is 26.1 Å². The first-order valence-electron chi connectivity index (χ1n) is 6.39. The summed E-state index contributed by atoms with van der Waals surface area (Å²) in [4.78, 5) is 4.49. The summed E-state index contributed by atoms with van der Waals surface area (Å²) in [6, 6.07) is 13.0. The Kier molecular flexibility index (Phi) is 4.48. The standard InChI is InChI=1S/C15H12Cl2N2OS/c16-10-1-4-12(5-2-10)20-8-7-18-15-19-13-6-3-11(17)9-14(13)21-15/h1-6,9H,7-8H2,(H,18,19). The van der Waals surface area contributed by atoms with Crippen molar-refractivity contribution in [1.82, 2.24) is 4.98 Å². The number of hydrogen-bond donors (Lipinski definition) is 1. The van der Waals surface area contributed by atoms with Gasteiger partial charge in [0.15, 0.2) is 5.13 Å². The van der Waals surface area contributed by atoms with Crippen LogP contribution in [0, 0.1) is 0 Å². The van der Waals surface area contributed by atoms with Crippen LogP contribution in [-0.4, -0.2) is 18.1 Å². The number of anilines is 1. The molecule has 0 amide bonds. The maximum Gasteiger partial charge on any atom is 0.183 e. The molecule has 0 aliphatic rings. The van der Waals surface area contributed by atoms with Gasteiger partial charge in [-0.25, -0.2) is 4.98 Å². The van der Waals surface area contributed by atoms with E-state index >= 15 is 0 Å². The molecule has 0 atom stereocenters. The number of halogens is 2. The van der Waals surface area contributed by atoms with Gasteiger partial charge in [-0.15, -0.1) is 0 Å². The van der Waals surface area contributed by atoms with Gasteiger partial charge in [0.05, 0.1) is 16.8 Å². The Balaban J connectivity index is 1.53. The molecule has 0 spiro atoms. The van der Waals surface area contributed by atoms with Crippen molar-refractivity contribution in [3.8, 4) is 5.75 Å². The summed E-state index contributed by atoms with van der Waals surface area (Å²) in [5.74, 6) is 0.803. The fourth-order valence-electron chi connectivity index (χ4n) is 1.83. The fourth-order valence-corrected chi connectivity index (χ4v) is 3.13. The molecular weight excluding hydrogens is 327 g/mol. The summed E-state index contributed by atoms with van der Waals surface area (Å²) in [6.07, 6.45) is 0. The molecule has 0 bridgehead atoms. The molecule has 21 heavy (non-hydrogen) atoms. The Morgan fingerprint density at radius 1 is 1.05 bits per heavy atom. The van der Waals surface area contributed by atoms with Gasteiger partial charge in [0.25, 0.3) is 0 Å². The topological polar surface area (TPSA) is 34.1 Å². The van der Waals surface area contributed by atoms with Gasteiger partial charge >= 0.3 is 0 Å². The summed E-state index contributed by atoms with van der Waals surface area (Å²) < 4.78 is 6.68. The SMILES string of the molecule is Clc1ccc(OCCNc2nc3ccc(Cl)cc3s2)cc1. The van der Waals surface area contributed by atoms with E-state index in [4.69, 9.17) is 27.9 Å². The first-order valence-corrected chi connectivity index (χ1v) is 7.96. The van der Waals surface area contributed by atoms with Crippen LogP contribution in [0.1, 0.15) is 0 Å². The van der Waals surface area contributed by atoms with Gasteiger partial charge in [-0.1, -0.05) is 34.5 Å². The molecule has 3 nitrogen and oxygen atoms in total. The van der Waals surface area contributed by atoms with Crippen LogP contribution >= 0.6 is 34.5 Å². The van der Waals surface area contributed by atoms with Gasteiger partial charge in [-0.05, 0) is 42.5 Å². The Hall–Kier alpha value is -1.49. The third-order valence-electron chi connectivity index (χ3n) is 2.81. The maximum atomic E-state index is 5.96. The Labute approximate surface area is 136 Å². The van der Waals surface area contributed by atoms with Crippen LogP contribution in [0.2, 0.25) is 10.0 Å². The number of rotatable bonds is 5. The Morgan fingerprint density at radius 2 is 1.81 bits per heavy atom. The van der Waals surface area contributed by atoms with E-state index in [1.807, 2.05) is 42.5 Å². The van der Waals surface area contributed by atoms with Crippen LogP contribution in [0.15, 0.2) is 42.5 Å². The summed E-state index contributed by atoms with van der Waals surface area (Å²) in [5, 5.41) is 5.54. The average molecular weight is 339 g/mol. The van der Waals surface area contributed by atoms with Gasteiger partial charge < -0.3 is 10.1 Å². The van der Waals surface area contributed by atoms with Crippen molar-refractivity contribution in [1.29, 1.82) is 0 Å². The minimum absolute atomic E-state index is 0.554. The summed E-state index contributed by atoms with van der Waals surface area (Å²) in [5.41, 5.74) is 0.950. The molecule has 2 aromatic carbocycles. The van der Waals surface area contributed by atoms with Gasteiger partial charge in [-0.3, -0.25) is 0 Å². The van der Waals surface area contributed by atoms with Crippen molar-refractivity contribution in [2.45, 2.75) is 0 Å². The van der Waals surface area contributed by atoms with Crippen LogP contribution in [0.4, 0.5) is 5.13 Å². The first kappa shape index (κ1) is 14.4. The number of fused-ring (bicyclic) bond motifs is 1. The lowest BCUT2D eigenvalue weighted by atomic mass is 10.3. The predicted octanol–water partition coefficient (Wildman–Crippen LogP) is 5.09. The number of nitrogens with one attached hydrogen (secondary N) is 1. The highest BCUT2D eigenvalue weighted by Crippen LogP contribution is 2.28. The quantitative estimate of drug-likeness (QED) is 0.657. The van der Waals surface area contributed by atoms with Crippen LogP contribution in [0.5, 0.6) is 5.75 Å². The Bertz CT molecular complexity index is 743. The summed E-state index contributed by atoms with van der Waals surface area (Å²) >= 11 is 13.4. The van der Waals surface area contributed by atoms with Crippen molar-refractivity contribution in [2.75, 3.05) is 18.5 Å². The minimum Gasteiger partial charge on any atom is -0.492 e. The third-order valence-corrected chi connectivity index (χ3v) is 4.27. The summed E-state index contributed by atoms with van der Waals surface area (Å²) in [7, 11) is 0. The van der Waals surface area contributed by atoms with Crippen molar-refractivity contribution in [3.63, 3.8) is 0 Å². The molecule has 0 radical (unpaired) electrons. The highest BCUT2D eigenvalue weighted by Gasteiger charge is 2.03. The summed E-state index contributed by atoms with van der Waals surface area (Å²) in [6.45, 7) is 1.23. The lowest BCUT2D eigenvalue weighted by molar-refractivity contribution is 0.333. The van der Waals surface area contributed by atoms with Crippen molar-refractivity contribution < 1.29 is 4.74 Å². The maximum absolute atomic E-state index is 5.96. The molecule has 1 N–H and O–H groups in total. The number of benzene rings is 2. The number of nitrogens with zero attached hydrogens (tertiary/aromatic N) is 1. The zero-order valence-electron chi connectivity index (χ0n) is 11.0. The van der Waals surface area contributed by atoms with E-state index in [1.54, 1.807) is 11.3 Å². The van der Waals surface area contributed by atoms with E-state index in [2.05, 4.69) is 10.3 Å². The number of hydrogen-bond acceptors (Lipinski definition) is 4. The zero-order valence-corrected chi connectivity index (χ0v) is 13.3. The van der Waals surface area contributed by atoms with Gasteiger partial charge in [0, 0.05) is 10.0 Å². The van der Waals surface area contributed by atoms with Crippen LogP contribution in [0.3, 0.4) is 0 Å². The number of ether oxygens (including phenoxy) is 1. The average Bonchev–Trinajstić information content (AvgIpc) is 2.87. The lowest BCUT2D eigenvalue weighted by Gasteiger charge is -2.06. The molecule has 0 aliphatic heterocycles. The van der Waals surface area contributed by atoms with Crippen molar-refractivity contribution >= 4 is 49.9 Å². The van der Waals surface area contributed by atoms with E-state index in [-0.39, 0.29) is 0 Å². The number of aromatic nitrogens is 1. The normalized spacial score (nSPS) is 10.8. The molecule has 1 aromatic heterocycles. The molecule has 6 heteroatoms. The van der Waals surface area contributed by atoms with E-state index < -0.39 is 0 Å². The smallest absolute Gasteiger partial charge is 0.183 e. The second kappa shape index (κ2) is 6.52. The molecule has 0 saturated heterocycles. The highest BCUT2D eigenvalue weighted by atomic mass is 35.5. The molecule has 0 unspecified atom stereocenters. The second-order valence-corrected chi connectivity index (χ2v) is 6.26. The third kappa shape index (κ3) is 3.79. The molecule has 0 saturated carbocycles. The Morgan fingerprint density at radius 3 is 2.62 bits per heavy atom. The second-order valence-electron chi connectivity index (χ2n) is 4.36. The molecule has 3 aromatic rings. The van der Waals surface area contributed by atoms with Gasteiger partial charge in [0.1, 0.15) is 12.4 Å². The van der Waals surface area contributed by atoms with Gasteiger partial charge in [0.2, 0.25) is 0 Å². The highest BCUT2D eigenvalue weighted by molar-refractivity contribution is 7.22. The lowest BCUT2D eigenvalue weighted by Crippen LogP contribution is -2.11. The molecule has 1 heterocycles. The van der Waals surface area contributed by atoms with E-state index in [9.17, 15) is 0 Å². The van der Waals surface area contributed by atoms with Crippen LogP contribution in [0.25, 0.3) is 10.2 Å². The zero-order chi connectivity index (χ0) is 14.7. The van der Waals surface area contributed by atoms with Gasteiger partial charge in [-0.2, -0.15) is 0 Å². The molecule has 3 rings (SSSR count). The first-order chi connectivity index (χ1) is 10.2. The molecule has 0 aliphatic carbocycles. The molecule has 0 fully saturated rings. The fraction of sp³-hybridized carbons (Fsp3) is 0.133. The van der Waals surface area contributed by atoms with E-state index in [1.165, 1.54) is 0 Å². The largest absolute Gasteiger partial charge is 0.492 e. The minimum atomic E-state index is 0.554. The molecular formula is C15H12Cl2N2OS. The number of thiazole rings is 1.